The van der Waals surface area contributed by atoms with E-state index in [1.807, 2.05) is 35.5 Å². The van der Waals surface area contributed by atoms with Gasteiger partial charge in [0.25, 0.3) is 5.91 Å². The maximum atomic E-state index is 13.0. The van der Waals surface area contributed by atoms with E-state index < -0.39 is 0 Å². The standard InChI is InChI=1S/C22H30N4O2/c1-16(2)14-26-10-7-19-20(24-15-23-19)22(26)8-11-25(12-9-22)21(27)17-5-4-6-18(13-17)28-3/h4-6,13,15-16H,7-12,14H2,1-3H3,(H,23,24). The Bertz CT molecular complexity index is 837. The zero-order valence-corrected chi connectivity index (χ0v) is 17.1. The lowest BCUT2D eigenvalue weighted by Gasteiger charge is -2.51. The summed E-state index contributed by atoms with van der Waals surface area (Å²) >= 11 is 0. The maximum Gasteiger partial charge on any atom is 0.253 e. The second-order valence-corrected chi connectivity index (χ2v) is 8.38. The number of H-pyrrole nitrogens is 1. The molecule has 1 aromatic carbocycles. The molecule has 2 aromatic rings. The number of carbonyl (C=O) groups excluding carboxylic acids is 1. The van der Waals surface area contributed by atoms with Crippen LogP contribution in [0.25, 0.3) is 0 Å². The molecular weight excluding hydrogens is 352 g/mol. The van der Waals surface area contributed by atoms with Crippen LogP contribution >= 0.6 is 0 Å². The average Bonchev–Trinajstić information content (AvgIpc) is 3.20. The Hall–Kier alpha value is -2.34. The molecule has 0 saturated carbocycles. The lowest BCUT2D eigenvalue weighted by atomic mass is 9.78. The van der Waals surface area contributed by atoms with Gasteiger partial charge in [-0.2, -0.15) is 0 Å². The molecule has 1 fully saturated rings. The van der Waals surface area contributed by atoms with Crippen LogP contribution in [0.2, 0.25) is 0 Å². The van der Waals surface area contributed by atoms with Crippen molar-refractivity contribution >= 4 is 5.91 Å². The number of benzene rings is 1. The van der Waals surface area contributed by atoms with Gasteiger partial charge < -0.3 is 14.6 Å². The van der Waals surface area contributed by atoms with Gasteiger partial charge >= 0.3 is 0 Å². The fourth-order valence-electron chi connectivity index (χ4n) is 4.80. The number of piperidine rings is 1. The number of hydrogen-bond acceptors (Lipinski definition) is 4. The van der Waals surface area contributed by atoms with E-state index in [2.05, 4.69) is 23.7 Å². The lowest BCUT2D eigenvalue weighted by molar-refractivity contribution is 0.000612. The van der Waals surface area contributed by atoms with Crippen LogP contribution in [0.1, 0.15) is 48.4 Å². The minimum absolute atomic E-state index is 0.0526. The van der Waals surface area contributed by atoms with Crippen molar-refractivity contribution in [3.8, 4) is 5.75 Å². The summed E-state index contributed by atoms with van der Waals surface area (Å²) in [7, 11) is 1.63. The number of aromatic nitrogens is 2. The van der Waals surface area contributed by atoms with Gasteiger partial charge in [-0.25, -0.2) is 4.98 Å². The number of carbonyl (C=O) groups is 1. The first-order chi connectivity index (χ1) is 13.5. The molecule has 0 aliphatic carbocycles. The van der Waals surface area contributed by atoms with E-state index in [4.69, 9.17) is 9.72 Å². The summed E-state index contributed by atoms with van der Waals surface area (Å²) in [6.45, 7) is 8.16. The molecule has 1 amide bonds. The quantitative estimate of drug-likeness (QED) is 0.883. The normalized spacial score (nSPS) is 19.1. The molecule has 0 atom stereocenters. The third kappa shape index (κ3) is 3.30. The Labute approximate surface area is 166 Å². The van der Waals surface area contributed by atoms with Gasteiger partial charge in [0.1, 0.15) is 5.75 Å². The summed E-state index contributed by atoms with van der Waals surface area (Å²) in [4.78, 5) is 25.7. The van der Waals surface area contributed by atoms with Crippen LogP contribution in [0.4, 0.5) is 0 Å². The number of methoxy groups -OCH3 is 1. The Balaban J connectivity index is 1.55. The Morgan fingerprint density at radius 1 is 1.29 bits per heavy atom. The Morgan fingerprint density at radius 2 is 2.07 bits per heavy atom. The van der Waals surface area contributed by atoms with E-state index in [-0.39, 0.29) is 11.4 Å². The SMILES string of the molecule is COc1cccc(C(=O)N2CCC3(CC2)c2nc[nH]c2CCN3CC(C)C)c1. The molecule has 2 aliphatic heterocycles. The summed E-state index contributed by atoms with van der Waals surface area (Å²) in [6.07, 6.45) is 4.70. The largest absolute Gasteiger partial charge is 0.497 e. The van der Waals surface area contributed by atoms with Crippen molar-refractivity contribution < 1.29 is 9.53 Å². The van der Waals surface area contributed by atoms with Gasteiger partial charge in [-0.05, 0) is 37.0 Å². The van der Waals surface area contributed by atoms with Crippen LogP contribution in [0.3, 0.4) is 0 Å². The number of hydrogen-bond donors (Lipinski definition) is 1. The van der Waals surface area contributed by atoms with Gasteiger partial charge in [0.05, 0.1) is 24.7 Å². The Morgan fingerprint density at radius 3 is 2.79 bits per heavy atom. The van der Waals surface area contributed by atoms with E-state index in [1.54, 1.807) is 7.11 Å². The molecule has 150 valence electrons. The second-order valence-electron chi connectivity index (χ2n) is 8.38. The van der Waals surface area contributed by atoms with Crippen molar-refractivity contribution in [3.63, 3.8) is 0 Å². The number of imidazole rings is 1. The third-order valence-corrected chi connectivity index (χ3v) is 6.18. The van der Waals surface area contributed by atoms with E-state index in [0.717, 1.165) is 51.2 Å². The van der Waals surface area contributed by atoms with Crippen LogP contribution in [0, 0.1) is 5.92 Å². The molecule has 3 heterocycles. The zero-order chi connectivity index (χ0) is 19.7. The van der Waals surface area contributed by atoms with Crippen LogP contribution in [0.5, 0.6) is 5.75 Å². The zero-order valence-electron chi connectivity index (χ0n) is 17.1. The van der Waals surface area contributed by atoms with Crippen molar-refractivity contribution in [2.45, 2.75) is 38.6 Å². The Kier molecular flexibility index (Phi) is 5.15. The molecule has 0 radical (unpaired) electrons. The lowest BCUT2D eigenvalue weighted by Crippen LogP contribution is -2.57. The fourth-order valence-corrected chi connectivity index (χ4v) is 4.80. The summed E-state index contributed by atoms with van der Waals surface area (Å²) in [6, 6.07) is 7.43. The minimum atomic E-state index is -0.0526. The number of likely N-dealkylation sites (tertiary alicyclic amines) is 1. The van der Waals surface area contributed by atoms with Crippen molar-refractivity contribution in [2.24, 2.45) is 5.92 Å². The summed E-state index contributed by atoms with van der Waals surface area (Å²) in [5, 5.41) is 0. The van der Waals surface area contributed by atoms with E-state index >= 15 is 0 Å². The first-order valence-electron chi connectivity index (χ1n) is 10.2. The van der Waals surface area contributed by atoms with E-state index in [0.29, 0.717) is 11.5 Å². The van der Waals surface area contributed by atoms with Gasteiger partial charge in [-0.15, -0.1) is 0 Å². The fraction of sp³-hybridized carbons (Fsp3) is 0.545. The number of fused-ring (bicyclic) bond motifs is 2. The molecule has 4 rings (SSSR count). The van der Waals surface area contributed by atoms with Crippen LogP contribution in [-0.2, 0) is 12.0 Å². The van der Waals surface area contributed by atoms with Gasteiger partial charge in [0.2, 0.25) is 0 Å². The number of rotatable bonds is 4. The minimum Gasteiger partial charge on any atom is -0.497 e. The van der Waals surface area contributed by atoms with Gasteiger partial charge in [-0.3, -0.25) is 9.69 Å². The highest BCUT2D eigenvalue weighted by molar-refractivity contribution is 5.94. The van der Waals surface area contributed by atoms with Crippen molar-refractivity contribution in [2.75, 3.05) is 33.3 Å². The summed E-state index contributed by atoms with van der Waals surface area (Å²) in [5.41, 5.74) is 3.11. The van der Waals surface area contributed by atoms with Gasteiger partial charge in [-0.1, -0.05) is 19.9 Å². The molecule has 1 N–H and O–H groups in total. The van der Waals surface area contributed by atoms with E-state index in [1.165, 1.54) is 11.4 Å². The maximum absolute atomic E-state index is 13.0. The van der Waals surface area contributed by atoms with Crippen molar-refractivity contribution in [3.05, 3.63) is 47.5 Å². The van der Waals surface area contributed by atoms with Crippen molar-refractivity contribution in [1.82, 2.24) is 19.8 Å². The molecule has 28 heavy (non-hydrogen) atoms. The molecular formula is C22H30N4O2. The molecule has 2 aliphatic rings. The highest BCUT2D eigenvalue weighted by Gasteiger charge is 2.47. The number of ether oxygens (including phenoxy) is 1. The molecule has 0 bridgehead atoms. The molecule has 0 unspecified atom stereocenters. The summed E-state index contributed by atoms with van der Waals surface area (Å²) < 4.78 is 5.27. The number of nitrogens with zero attached hydrogens (tertiary/aromatic N) is 3. The molecule has 1 aromatic heterocycles. The summed E-state index contributed by atoms with van der Waals surface area (Å²) in [5.74, 6) is 1.41. The molecule has 1 spiro atoms. The van der Waals surface area contributed by atoms with Crippen molar-refractivity contribution in [1.29, 1.82) is 0 Å². The average molecular weight is 383 g/mol. The topological polar surface area (TPSA) is 61.5 Å². The number of nitrogens with one attached hydrogen (secondary N) is 1. The highest BCUT2D eigenvalue weighted by Crippen LogP contribution is 2.42. The predicted molar refractivity (Wildman–Crippen MR) is 109 cm³/mol. The first-order valence-corrected chi connectivity index (χ1v) is 10.2. The van der Waals surface area contributed by atoms with Crippen LogP contribution in [-0.4, -0.2) is 59.0 Å². The molecule has 6 heteroatoms. The first kappa shape index (κ1) is 19.0. The number of amides is 1. The predicted octanol–water partition coefficient (Wildman–Crippen LogP) is 3.06. The molecule has 1 saturated heterocycles. The monoisotopic (exact) mass is 382 g/mol. The highest BCUT2D eigenvalue weighted by atomic mass is 16.5. The van der Waals surface area contributed by atoms with E-state index in [9.17, 15) is 4.79 Å². The molecule has 6 nitrogen and oxygen atoms in total. The van der Waals surface area contributed by atoms with Crippen LogP contribution < -0.4 is 4.74 Å². The second kappa shape index (κ2) is 7.59. The van der Waals surface area contributed by atoms with Gasteiger partial charge in [0.15, 0.2) is 0 Å². The van der Waals surface area contributed by atoms with Gasteiger partial charge in [0, 0.05) is 43.9 Å². The van der Waals surface area contributed by atoms with Crippen LogP contribution in [0.15, 0.2) is 30.6 Å². The third-order valence-electron chi connectivity index (χ3n) is 6.18. The number of aromatic amines is 1. The smallest absolute Gasteiger partial charge is 0.253 e.